The van der Waals surface area contributed by atoms with Crippen molar-refractivity contribution in [2.45, 2.75) is 51.6 Å². The van der Waals surface area contributed by atoms with Crippen molar-refractivity contribution in [3.63, 3.8) is 0 Å². The summed E-state index contributed by atoms with van der Waals surface area (Å²) in [6.07, 6.45) is 4.48. The second-order valence-electron chi connectivity index (χ2n) is 5.19. The summed E-state index contributed by atoms with van der Waals surface area (Å²) < 4.78 is 0. The molecule has 1 saturated carbocycles. The van der Waals surface area contributed by atoms with Gasteiger partial charge in [-0.05, 0) is 18.8 Å². The molecule has 4 heteroatoms. The largest absolute Gasteiger partial charge is 0.343 e. The number of carbonyl (C=O) groups is 2. The number of amides is 2. The van der Waals surface area contributed by atoms with Gasteiger partial charge in [-0.15, -0.1) is 0 Å². The van der Waals surface area contributed by atoms with Crippen LogP contribution < -0.4 is 5.32 Å². The minimum atomic E-state index is -0.318. The van der Waals surface area contributed by atoms with Gasteiger partial charge in [0.25, 0.3) is 0 Å². The molecule has 1 unspecified atom stereocenters. The van der Waals surface area contributed by atoms with Crippen molar-refractivity contribution >= 4 is 11.8 Å². The molecule has 0 spiro atoms. The monoisotopic (exact) mass is 224 g/mol. The van der Waals surface area contributed by atoms with Gasteiger partial charge in [0, 0.05) is 6.04 Å². The molecule has 2 rings (SSSR count). The molecule has 2 amide bonds. The van der Waals surface area contributed by atoms with Crippen molar-refractivity contribution in [1.29, 1.82) is 0 Å². The van der Waals surface area contributed by atoms with Gasteiger partial charge in [0.2, 0.25) is 11.8 Å². The van der Waals surface area contributed by atoms with Crippen molar-refractivity contribution in [2.75, 3.05) is 6.54 Å². The van der Waals surface area contributed by atoms with E-state index in [0.717, 1.165) is 12.8 Å². The Balaban J connectivity index is 2.11. The SMILES string of the molecule is CC(C)C1NC(=O)CN(C2CCCC2)C1=O. The predicted octanol–water partition coefficient (Wildman–Crippen LogP) is 0.912. The number of rotatable bonds is 2. The molecule has 1 atom stereocenters. The third-order valence-electron chi connectivity index (χ3n) is 3.61. The highest BCUT2D eigenvalue weighted by molar-refractivity contribution is 5.95. The highest BCUT2D eigenvalue weighted by Gasteiger charge is 2.38. The molecule has 2 fully saturated rings. The van der Waals surface area contributed by atoms with Crippen LogP contribution in [0.15, 0.2) is 0 Å². The molecule has 16 heavy (non-hydrogen) atoms. The topological polar surface area (TPSA) is 49.4 Å². The maximum Gasteiger partial charge on any atom is 0.246 e. The summed E-state index contributed by atoms with van der Waals surface area (Å²) in [5.41, 5.74) is 0. The Morgan fingerprint density at radius 1 is 1.25 bits per heavy atom. The fraction of sp³-hybridized carbons (Fsp3) is 0.833. The standard InChI is InChI=1S/C12H20N2O2/c1-8(2)11-12(16)14(7-10(15)13-11)9-5-3-4-6-9/h8-9,11H,3-7H2,1-2H3,(H,13,15). The van der Waals surface area contributed by atoms with E-state index in [9.17, 15) is 9.59 Å². The predicted molar refractivity (Wildman–Crippen MR) is 60.7 cm³/mol. The van der Waals surface area contributed by atoms with Crippen molar-refractivity contribution in [1.82, 2.24) is 10.2 Å². The van der Waals surface area contributed by atoms with Crippen LogP contribution in [0, 0.1) is 5.92 Å². The van der Waals surface area contributed by atoms with Crippen LogP contribution in [0.2, 0.25) is 0 Å². The zero-order chi connectivity index (χ0) is 11.7. The van der Waals surface area contributed by atoms with Gasteiger partial charge in [-0.3, -0.25) is 9.59 Å². The lowest BCUT2D eigenvalue weighted by atomic mass is 9.99. The van der Waals surface area contributed by atoms with Crippen molar-refractivity contribution in [3.05, 3.63) is 0 Å². The van der Waals surface area contributed by atoms with Gasteiger partial charge in [0.1, 0.15) is 6.04 Å². The van der Waals surface area contributed by atoms with Gasteiger partial charge in [0.05, 0.1) is 6.54 Å². The van der Waals surface area contributed by atoms with Gasteiger partial charge in [-0.25, -0.2) is 0 Å². The first-order valence-corrected chi connectivity index (χ1v) is 6.19. The van der Waals surface area contributed by atoms with E-state index in [1.807, 2.05) is 13.8 Å². The average Bonchev–Trinajstić information content (AvgIpc) is 2.73. The summed E-state index contributed by atoms with van der Waals surface area (Å²) in [6, 6.07) is -0.0124. The third kappa shape index (κ3) is 2.06. The van der Waals surface area contributed by atoms with Crippen LogP contribution in [0.4, 0.5) is 0 Å². The quantitative estimate of drug-likeness (QED) is 0.758. The minimum absolute atomic E-state index is 0.00907. The molecule has 4 nitrogen and oxygen atoms in total. The number of hydrogen-bond donors (Lipinski definition) is 1. The maximum absolute atomic E-state index is 12.2. The molecule has 0 bridgehead atoms. The van der Waals surface area contributed by atoms with Crippen LogP contribution in [0.5, 0.6) is 0 Å². The van der Waals surface area contributed by atoms with Crippen molar-refractivity contribution in [3.8, 4) is 0 Å². The van der Waals surface area contributed by atoms with E-state index < -0.39 is 0 Å². The fourth-order valence-electron chi connectivity index (χ4n) is 2.67. The number of nitrogens with zero attached hydrogens (tertiary/aromatic N) is 1. The lowest BCUT2D eigenvalue weighted by Crippen LogP contribution is -2.61. The molecule has 90 valence electrons. The normalized spacial score (nSPS) is 27.7. The Hall–Kier alpha value is -1.06. The summed E-state index contributed by atoms with van der Waals surface area (Å²) in [7, 11) is 0. The van der Waals surface area contributed by atoms with E-state index in [-0.39, 0.29) is 30.3 Å². The Morgan fingerprint density at radius 2 is 1.88 bits per heavy atom. The fourth-order valence-corrected chi connectivity index (χ4v) is 2.67. The van der Waals surface area contributed by atoms with E-state index in [4.69, 9.17) is 0 Å². The van der Waals surface area contributed by atoms with Crippen LogP contribution in [0.1, 0.15) is 39.5 Å². The van der Waals surface area contributed by atoms with Crippen molar-refractivity contribution < 1.29 is 9.59 Å². The summed E-state index contributed by atoms with van der Waals surface area (Å²) in [5, 5.41) is 2.79. The molecule has 0 aromatic carbocycles. The Kier molecular flexibility index (Phi) is 3.17. The van der Waals surface area contributed by atoms with Gasteiger partial charge >= 0.3 is 0 Å². The summed E-state index contributed by atoms with van der Waals surface area (Å²) in [6.45, 7) is 4.20. The molecule has 1 aliphatic carbocycles. The number of piperazine rings is 1. The molecule has 0 aromatic heterocycles. The molecule has 1 aliphatic heterocycles. The highest BCUT2D eigenvalue weighted by atomic mass is 16.2. The molecule has 0 radical (unpaired) electrons. The summed E-state index contributed by atoms with van der Waals surface area (Å²) >= 11 is 0. The van der Waals surface area contributed by atoms with E-state index in [2.05, 4.69) is 5.32 Å². The van der Waals surface area contributed by atoms with Crippen LogP contribution in [0.3, 0.4) is 0 Å². The van der Waals surface area contributed by atoms with Crippen molar-refractivity contribution in [2.24, 2.45) is 5.92 Å². The van der Waals surface area contributed by atoms with Crippen LogP contribution >= 0.6 is 0 Å². The van der Waals surface area contributed by atoms with Crippen LogP contribution in [-0.2, 0) is 9.59 Å². The Morgan fingerprint density at radius 3 is 2.44 bits per heavy atom. The van der Waals surface area contributed by atoms with Crippen LogP contribution in [-0.4, -0.2) is 35.3 Å². The zero-order valence-corrected chi connectivity index (χ0v) is 10.0. The number of nitrogens with one attached hydrogen (secondary N) is 1. The lowest BCUT2D eigenvalue weighted by molar-refractivity contribution is -0.147. The molecular formula is C12H20N2O2. The van der Waals surface area contributed by atoms with Gasteiger partial charge in [0.15, 0.2) is 0 Å². The van der Waals surface area contributed by atoms with Crippen LogP contribution in [0.25, 0.3) is 0 Å². The van der Waals surface area contributed by atoms with E-state index in [1.165, 1.54) is 12.8 Å². The zero-order valence-electron chi connectivity index (χ0n) is 10.0. The first-order valence-electron chi connectivity index (χ1n) is 6.19. The minimum Gasteiger partial charge on any atom is -0.343 e. The number of hydrogen-bond acceptors (Lipinski definition) is 2. The smallest absolute Gasteiger partial charge is 0.246 e. The second kappa shape index (κ2) is 4.44. The lowest BCUT2D eigenvalue weighted by Gasteiger charge is -2.37. The average molecular weight is 224 g/mol. The number of carbonyl (C=O) groups excluding carboxylic acids is 2. The molecule has 0 aromatic rings. The molecule has 1 saturated heterocycles. The molecule has 1 heterocycles. The third-order valence-corrected chi connectivity index (χ3v) is 3.61. The van der Waals surface area contributed by atoms with E-state index in [1.54, 1.807) is 4.90 Å². The molecular weight excluding hydrogens is 204 g/mol. The van der Waals surface area contributed by atoms with Gasteiger partial charge < -0.3 is 10.2 Å². The van der Waals surface area contributed by atoms with Gasteiger partial charge in [-0.1, -0.05) is 26.7 Å². The second-order valence-corrected chi connectivity index (χ2v) is 5.19. The first-order chi connectivity index (χ1) is 7.59. The van der Waals surface area contributed by atoms with E-state index in [0.29, 0.717) is 6.04 Å². The van der Waals surface area contributed by atoms with E-state index >= 15 is 0 Å². The molecule has 1 N–H and O–H groups in total. The summed E-state index contributed by atoms with van der Waals surface area (Å²) in [4.78, 5) is 25.6. The Bertz CT molecular complexity index is 295. The maximum atomic E-state index is 12.2. The summed E-state index contributed by atoms with van der Waals surface area (Å²) in [5.74, 6) is 0.271. The molecule has 2 aliphatic rings. The Labute approximate surface area is 96.4 Å². The highest BCUT2D eigenvalue weighted by Crippen LogP contribution is 2.25. The first kappa shape index (κ1) is 11.4. The van der Waals surface area contributed by atoms with Gasteiger partial charge in [-0.2, -0.15) is 0 Å².